The van der Waals surface area contributed by atoms with E-state index in [4.69, 9.17) is 4.74 Å². The summed E-state index contributed by atoms with van der Waals surface area (Å²) < 4.78 is 8.15. The average molecular weight is 446 g/mol. The lowest BCUT2D eigenvalue weighted by atomic mass is 10.0. The van der Waals surface area contributed by atoms with Crippen LogP contribution >= 0.6 is 0 Å². The number of phenolic OH excluding ortho intramolecular Hbond substituents is 1. The highest BCUT2D eigenvalue weighted by molar-refractivity contribution is 5.76. The Labute approximate surface area is 189 Å². The molecule has 1 aromatic carbocycles. The van der Waals surface area contributed by atoms with Gasteiger partial charge in [-0.3, -0.25) is 9.69 Å². The maximum Gasteiger partial charge on any atom is 0.222 e. The van der Waals surface area contributed by atoms with E-state index in [0.717, 1.165) is 11.3 Å². The first-order valence-electron chi connectivity index (χ1n) is 11.2. The minimum Gasteiger partial charge on any atom is -0.508 e. The van der Waals surface area contributed by atoms with Gasteiger partial charge in [0, 0.05) is 38.5 Å². The number of aromatic nitrogens is 3. The molecule has 1 amide bonds. The van der Waals surface area contributed by atoms with Crippen LogP contribution in [0, 0.1) is 5.92 Å². The van der Waals surface area contributed by atoms with Gasteiger partial charge in [0.05, 0.1) is 37.3 Å². The molecule has 2 aromatic rings. The van der Waals surface area contributed by atoms with Crippen LogP contribution in [0.5, 0.6) is 5.75 Å². The molecule has 0 spiro atoms. The van der Waals surface area contributed by atoms with Crippen molar-refractivity contribution in [3.63, 3.8) is 0 Å². The SMILES string of the molecule is C[C@H](CO)N1C[C@H](C)[C@@H](CN(C)Cc2cccc(O)c2)OCc2cnnn2CCCC1=O. The number of phenols is 1. The van der Waals surface area contributed by atoms with Crippen LogP contribution in [0.4, 0.5) is 0 Å². The monoisotopic (exact) mass is 445 g/mol. The zero-order valence-electron chi connectivity index (χ0n) is 19.2. The molecule has 1 aromatic heterocycles. The lowest BCUT2D eigenvalue weighted by Crippen LogP contribution is -2.47. The Morgan fingerprint density at radius 1 is 1.38 bits per heavy atom. The van der Waals surface area contributed by atoms with Gasteiger partial charge in [0.2, 0.25) is 5.91 Å². The molecule has 0 radical (unpaired) electrons. The van der Waals surface area contributed by atoms with Crippen LogP contribution in [0.3, 0.4) is 0 Å². The second kappa shape index (κ2) is 11.4. The van der Waals surface area contributed by atoms with Gasteiger partial charge in [-0.05, 0) is 38.1 Å². The largest absolute Gasteiger partial charge is 0.508 e. The van der Waals surface area contributed by atoms with E-state index in [1.807, 2.05) is 26.1 Å². The summed E-state index contributed by atoms with van der Waals surface area (Å²) in [6.45, 7) is 6.70. The van der Waals surface area contributed by atoms with Gasteiger partial charge >= 0.3 is 0 Å². The van der Waals surface area contributed by atoms with Crippen LogP contribution in [0.1, 0.15) is 37.9 Å². The van der Waals surface area contributed by atoms with Crippen LogP contribution in [0.15, 0.2) is 30.5 Å². The number of fused-ring (bicyclic) bond motifs is 1. The molecule has 176 valence electrons. The number of hydrogen-bond acceptors (Lipinski definition) is 7. The van der Waals surface area contributed by atoms with Crippen LogP contribution in [-0.4, -0.2) is 79.8 Å². The Kier molecular flexibility index (Phi) is 8.60. The lowest BCUT2D eigenvalue weighted by Gasteiger charge is -2.35. The third-order valence-electron chi connectivity index (χ3n) is 5.99. The number of aromatic hydroxyl groups is 1. The molecule has 0 unspecified atom stereocenters. The van der Waals surface area contributed by atoms with Gasteiger partial charge in [0.25, 0.3) is 0 Å². The molecule has 3 rings (SSSR count). The Hall–Kier alpha value is -2.49. The number of amides is 1. The maximum absolute atomic E-state index is 12.9. The molecular formula is C23H35N5O4. The Morgan fingerprint density at radius 3 is 2.94 bits per heavy atom. The van der Waals surface area contributed by atoms with Crippen LogP contribution in [0.2, 0.25) is 0 Å². The first kappa shape index (κ1) is 24.2. The summed E-state index contributed by atoms with van der Waals surface area (Å²) in [7, 11) is 2.02. The van der Waals surface area contributed by atoms with Crippen molar-refractivity contribution in [2.75, 3.05) is 26.7 Å². The van der Waals surface area contributed by atoms with Crippen LogP contribution in [-0.2, 0) is 29.2 Å². The third kappa shape index (κ3) is 6.51. The number of carbonyl (C=O) groups is 1. The fourth-order valence-corrected chi connectivity index (χ4v) is 4.08. The number of likely N-dealkylation sites (N-methyl/N-ethyl adjacent to an activating group) is 1. The summed E-state index contributed by atoms with van der Waals surface area (Å²) in [5, 5.41) is 27.6. The molecule has 9 heteroatoms. The van der Waals surface area contributed by atoms with E-state index in [1.54, 1.807) is 27.9 Å². The van der Waals surface area contributed by atoms with E-state index in [-0.39, 0.29) is 36.3 Å². The molecule has 9 nitrogen and oxygen atoms in total. The number of aryl methyl sites for hydroxylation is 1. The predicted molar refractivity (Wildman–Crippen MR) is 120 cm³/mol. The second-order valence-corrected chi connectivity index (χ2v) is 8.82. The number of hydrogen-bond donors (Lipinski definition) is 2. The van der Waals surface area contributed by atoms with Crippen molar-refractivity contribution >= 4 is 5.91 Å². The Bertz CT molecular complexity index is 874. The number of aliphatic hydroxyl groups excluding tert-OH is 1. The summed E-state index contributed by atoms with van der Waals surface area (Å²) in [6.07, 6.45) is 2.63. The van der Waals surface area contributed by atoms with Gasteiger partial charge in [0.1, 0.15) is 5.75 Å². The van der Waals surface area contributed by atoms with E-state index in [0.29, 0.717) is 45.6 Å². The van der Waals surface area contributed by atoms with E-state index in [9.17, 15) is 15.0 Å². The number of aliphatic hydroxyl groups is 1. The zero-order valence-corrected chi connectivity index (χ0v) is 19.2. The summed E-state index contributed by atoms with van der Waals surface area (Å²) in [5.41, 5.74) is 1.91. The van der Waals surface area contributed by atoms with E-state index in [1.165, 1.54) is 0 Å². The molecule has 32 heavy (non-hydrogen) atoms. The number of carbonyl (C=O) groups excluding carboxylic acids is 1. The molecule has 3 atom stereocenters. The van der Waals surface area contributed by atoms with Crippen molar-refractivity contribution in [2.24, 2.45) is 5.92 Å². The fraction of sp³-hybridized carbons (Fsp3) is 0.609. The number of rotatable bonds is 6. The highest BCUT2D eigenvalue weighted by Gasteiger charge is 2.28. The first-order valence-corrected chi connectivity index (χ1v) is 11.2. The molecule has 0 aliphatic carbocycles. The van der Waals surface area contributed by atoms with E-state index in [2.05, 4.69) is 22.1 Å². The topological polar surface area (TPSA) is 104 Å². The zero-order chi connectivity index (χ0) is 23.1. The quantitative estimate of drug-likeness (QED) is 0.697. The second-order valence-electron chi connectivity index (χ2n) is 8.82. The molecular weight excluding hydrogens is 410 g/mol. The smallest absolute Gasteiger partial charge is 0.222 e. The molecule has 0 saturated heterocycles. The van der Waals surface area contributed by atoms with E-state index >= 15 is 0 Å². The minimum absolute atomic E-state index is 0.0347. The molecule has 2 N–H and O–H groups in total. The maximum atomic E-state index is 12.9. The van der Waals surface area contributed by atoms with Gasteiger partial charge in [0.15, 0.2) is 0 Å². The van der Waals surface area contributed by atoms with Crippen molar-refractivity contribution < 1.29 is 19.7 Å². The van der Waals surface area contributed by atoms with Gasteiger partial charge in [-0.1, -0.05) is 24.3 Å². The van der Waals surface area contributed by atoms with Gasteiger partial charge < -0.3 is 19.8 Å². The molecule has 0 saturated carbocycles. The summed E-state index contributed by atoms with van der Waals surface area (Å²) in [4.78, 5) is 16.9. The molecule has 0 fully saturated rings. The van der Waals surface area contributed by atoms with Crippen molar-refractivity contribution in [3.8, 4) is 5.75 Å². The minimum atomic E-state index is -0.250. The summed E-state index contributed by atoms with van der Waals surface area (Å²) in [6, 6.07) is 6.99. The fourth-order valence-electron chi connectivity index (χ4n) is 4.08. The predicted octanol–water partition coefficient (Wildman–Crippen LogP) is 1.64. The van der Waals surface area contributed by atoms with E-state index < -0.39 is 0 Å². The number of nitrogens with zero attached hydrogens (tertiary/aromatic N) is 5. The first-order chi connectivity index (χ1) is 15.4. The van der Waals surface area contributed by atoms with Crippen molar-refractivity contribution in [1.82, 2.24) is 24.8 Å². The summed E-state index contributed by atoms with van der Waals surface area (Å²) in [5.74, 6) is 0.329. The normalized spacial score (nSPS) is 21.7. The highest BCUT2D eigenvalue weighted by atomic mass is 16.5. The lowest BCUT2D eigenvalue weighted by molar-refractivity contribution is -0.136. The average Bonchev–Trinajstić information content (AvgIpc) is 3.20. The van der Waals surface area contributed by atoms with Gasteiger partial charge in [-0.2, -0.15) is 0 Å². The van der Waals surface area contributed by atoms with Crippen molar-refractivity contribution in [2.45, 2.75) is 58.5 Å². The molecule has 0 bridgehead atoms. The van der Waals surface area contributed by atoms with Crippen LogP contribution in [0.25, 0.3) is 0 Å². The summed E-state index contributed by atoms with van der Waals surface area (Å²) >= 11 is 0. The Balaban J connectivity index is 1.77. The molecule has 1 aliphatic rings. The van der Waals surface area contributed by atoms with Crippen LogP contribution < -0.4 is 0 Å². The van der Waals surface area contributed by atoms with Gasteiger partial charge in [-0.25, -0.2) is 4.68 Å². The van der Waals surface area contributed by atoms with Crippen molar-refractivity contribution in [1.29, 1.82) is 0 Å². The molecule has 2 heterocycles. The van der Waals surface area contributed by atoms with Gasteiger partial charge in [-0.15, -0.1) is 5.10 Å². The number of ether oxygens (including phenoxy) is 1. The standard InChI is InChI=1S/C23H35N5O4/c1-17-12-27(18(2)15-29)23(31)8-5-9-28-20(11-24-25-28)16-32-22(17)14-26(3)13-19-6-4-7-21(30)10-19/h4,6-7,10-11,17-18,22,29-30H,5,8-9,12-16H2,1-3H3/t17-,18+,22+/m0/s1. The highest BCUT2D eigenvalue weighted by Crippen LogP contribution is 2.19. The Morgan fingerprint density at radius 2 is 2.19 bits per heavy atom. The molecule has 1 aliphatic heterocycles. The van der Waals surface area contributed by atoms with Crippen molar-refractivity contribution in [3.05, 3.63) is 41.7 Å². The number of benzene rings is 1. The third-order valence-corrected chi connectivity index (χ3v) is 5.99.